The summed E-state index contributed by atoms with van der Waals surface area (Å²) in [6.45, 7) is 4.49. The van der Waals surface area contributed by atoms with Crippen LogP contribution in [0.2, 0.25) is 0 Å². The second-order valence-corrected chi connectivity index (χ2v) is 5.93. The van der Waals surface area contributed by atoms with Crippen molar-refractivity contribution in [2.45, 2.75) is 104 Å². The summed E-state index contributed by atoms with van der Waals surface area (Å²) in [5.74, 6) is 0.219. The Morgan fingerprint density at radius 2 is 1.00 bits per heavy atom. The van der Waals surface area contributed by atoms with E-state index in [4.69, 9.17) is 0 Å². The van der Waals surface area contributed by atoms with Gasteiger partial charge in [0, 0.05) is 5.92 Å². The Hall–Kier alpha value is -0.330. The number of unbranched alkanes of at least 4 members (excludes halogenated alkanes) is 10. The molecule has 0 N–H and O–H groups in total. The van der Waals surface area contributed by atoms with Crippen LogP contribution >= 0.6 is 0 Å². The van der Waals surface area contributed by atoms with Crippen LogP contribution in [0.25, 0.3) is 0 Å². The first-order valence-electron chi connectivity index (χ1n) is 8.72. The molecule has 1 unspecified atom stereocenters. The van der Waals surface area contributed by atoms with Crippen molar-refractivity contribution < 1.29 is 4.79 Å². The molecular formula is C18H35O. The zero-order valence-electron chi connectivity index (χ0n) is 13.4. The van der Waals surface area contributed by atoms with Crippen molar-refractivity contribution in [3.63, 3.8) is 0 Å². The van der Waals surface area contributed by atoms with Crippen molar-refractivity contribution in [1.82, 2.24) is 0 Å². The summed E-state index contributed by atoms with van der Waals surface area (Å²) in [5.41, 5.74) is 0. The van der Waals surface area contributed by atoms with E-state index in [1.54, 1.807) is 0 Å². The van der Waals surface area contributed by atoms with Crippen molar-refractivity contribution in [3.05, 3.63) is 0 Å². The fourth-order valence-corrected chi connectivity index (χ4v) is 2.60. The molecule has 0 spiro atoms. The third-order valence-electron chi connectivity index (χ3n) is 3.98. The quantitative estimate of drug-likeness (QED) is 0.322. The van der Waals surface area contributed by atoms with E-state index in [-0.39, 0.29) is 5.92 Å². The zero-order chi connectivity index (χ0) is 14.2. The average molecular weight is 267 g/mol. The highest BCUT2D eigenvalue weighted by Gasteiger charge is 2.07. The first-order chi connectivity index (χ1) is 9.35. The second kappa shape index (κ2) is 15.7. The van der Waals surface area contributed by atoms with Gasteiger partial charge in [0.15, 0.2) is 0 Å². The van der Waals surface area contributed by atoms with Crippen LogP contribution in [0.1, 0.15) is 104 Å². The molecule has 0 aliphatic carbocycles. The highest BCUT2D eigenvalue weighted by atomic mass is 16.1. The van der Waals surface area contributed by atoms with E-state index in [2.05, 4.69) is 20.1 Å². The zero-order valence-corrected chi connectivity index (χ0v) is 13.4. The minimum atomic E-state index is 0.219. The van der Waals surface area contributed by atoms with Crippen molar-refractivity contribution in [2.24, 2.45) is 5.92 Å². The van der Waals surface area contributed by atoms with Crippen LogP contribution in [-0.4, -0.2) is 6.29 Å². The molecule has 0 saturated heterocycles. The minimum absolute atomic E-state index is 0.219. The van der Waals surface area contributed by atoms with Crippen LogP contribution in [0.4, 0.5) is 0 Å². The smallest absolute Gasteiger partial charge is 0.201 e. The number of carbonyl (C=O) groups excluding carboxylic acids is 1. The molecule has 113 valence electrons. The van der Waals surface area contributed by atoms with Crippen LogP contribution in [0.3, 0.4) is 0 Å². The molecule has 19 heavy (non-hydrogen) atoms. The third kappa shape index (κ3) is 13.9. The fraction of sp³-hybridized carbons (Fsp3) is 0.944. The summed E-state index contributed by atoms with van der Waals surface area (Å²) in [6, 6.07) is 0. The van der Waals surface area contributed by atoms with Gasteiger partial charge in [-0.3, -0.25) is 4.79 Å². The highest BCUT2D eigenvalue weighted by molar-refractivity contribution is 5.54. The first-order valence-corrected chi connectivity index (χ1v) is 8.72. The molecule has 0 bridgehead atoms. The molecule has 0 rings (SSSR count). The monoisotopic (exact) mass is 267 g/mol. The fourth-order valence-electron chi connectivity index (χ4n) is 2.60. The Kier molecular flexibility index (Phi) is 15.5. The summed E-state index contributed by atoms with van der Waals surface area (Å²) in [4.78, 5) is 10.9. The molecule has 1 radical (unpaired) electrons. The normalized spacial score (nSPS) is 12.5. The molecule has 0 saturated carbocycles. The van der Waals surface area contributed by atoms with E-state index in [1.165, 1.54) is 77.0 Å². The van der Waals surface area contributed by atoms with E-state index in [0.29, 0.717) is 0 Å². The number of rotatable bonds is 15. The number of hydrogen-bond donors (Lipinski definition) is 0. The van der Waals surface area contributed by atoms with Gasteiger partial charge >= 0.3 is 0 Å². The van der Waals surface area contributed by atoms with E-state index >= 15 is 0 Å². The van der Waals surface area contributed by atoms with Gasteiger partial charge in [-0.2, -0.15) is 0 Å². The lowest BCUT2D eigenvalue weighted by molar-refractivity contribution is 0.452. The Morgan fingerprint density at radius 3 is 1.42 bits per heavy atom. The molecule has 0 aromatic carbocycles. The van der Waals surface area contributed by atoms with Crippen LogP contribution in [-0.2, 0) is 4.79 Å². The molecule has 0 amide bonds. The van der Waals surface area contributed by atoms with Crippen molar-refractivity contribution in [3.8, 4) is 0 Å². The van der Waals surface area contributed by atoms with Gasteiger partial charge < -0.3 is 0 Å². The molecule has 1 heteroatoms. The van der Waals surface area contributed by atoms with Crippen molar-refractivity contribution in [1.29, 1.82) is 0 Å². The summed E-state index contributed by atoms with van der Waals surface area (Å²) < 4.78 is 0. The minimum Gasteiger partial charge on any atom is -0.291 e. The molecular weight excluding hydrogens is 232 g/mol. The largest absolute Gasteiger partial charge is 0.291 e. The van der Waals surface area contributed by atoms with Crippen LogP contribution in [0.15, 0.2) is 0 Å². The van der Waals surface area contributed by atoms with E-state index < -0.39 is 0 Å². The predicted octanol–water partition coefficient (Wildman–Crippen LogP) is 6.21. The van der Waals surface area contributed by atoms with Gasteiger partial charge in [-0.1, -0.05) is 90.9 Å². The maximum atomic E-state index is 10.9. The van der Waals surface area contributed by atoms with Crippen LogP contribution < -0.4 is 0 Å². The topological polar surface area (TPSA) is 17.1 Å². The molecule has 0 aromatic heterocycles. The van der Waals surface area contributed by atoms with Crippen LogP contribution in [0, 0.1) is 5.92 Å². The average Bonchev–Trinajstić information content (AvgIpc) is 2.44. The van der Waals surface area contributed by atoms with Crippen molar-refractivity contribution >= 4 is 6.29 Å². The maximum absolute atomic E-state index is 10.9. The maximum Gasteiger partial charge on any atom is 0.201 e. The van der Waals surface area contributed by atoms with Gasteiger partial charge in [-0.25, -0.2) is 0 Å². The number of hydrogen-bond acceptors (Lipinski definition) is 1. The van der Waals surface area contributed by atoms with Gasteiger partial charge in [-0.05, 0) is 12.8 Å². The highest BCUT2D eigenvalue weighted by Crippen LogP contribution is 2.17. The SMILES string of the molecule is CCCCCCCCCCC([C]=O)CCCCCC. The lowest BCUT2D eigenvalue weighted by atomic mass is 9.95. The lowest BCUT2D eigenvalue weighted by Crippen LogP contribution is -2.02. The van der Waals surface area contributed by atoms with Crippen LogP contribution in [0.5, 0.6) is 0 Å². The van der Waals surface area contributed by atoms with Gasteiger partial charge in [0.2, 0.25) is 6.29 Å². The Labute approximate surface area is 121 Å². The molecule has 0 fully saturated rings. The summed E-state index contributed by atoms with van der Waals surface area (Å²) in [6.07, 6.45) is 20.2. The van der Waals surface area contributed by atoms with E-state index in [9.17, 15) is 4.79 Å². The second-order valence-electron chi connectivity index (χ2n) is 5.93. The molecule has 1 atom stereocenters. The Balaban J connectivity index is 3.28. The van der Waals surface area contributed by atoms with Gasteiger partial charge in [-0.15, -0.1) is 0 Å². The Bertz CT molecular complexity index is 177. The van der Waals surface area contributed by atoms with Gasteiger partial charge in [0.25, 0.3) is 0 Å². The lowest BCUT2D eigenvalue weighted by Gasteiger charge is -2.09. The molecule has 0 aliphatic rings. The van der Waals surface area contributed by atoms with Gasteiger partial charge in [0.05, 0.1) is 0 Å². The predicted molar refractivity (Wildman–Crippen MR) is 85.2 cm³/mol. The first kappa shape index (κ1) is 18.7. The summed E-state index contributed by atoms with van der Waals surface area (Å²) in [7, 11) is 0. The standard InChI is InChI=1S/C18H35O/c1-3-5-7-9-10-11-12-14-16-18(17-19)15-13-8-6-4-2/h18H,3-16H2,1-2H3. The van der Waals surface area contributed by atoms with E-state index in [0.717, 1.165) is 12.8 Å². The molecule has 0 heterocycles. The molecule has 1 nitrogen and oxygen atoms in total. The molecule has 0 aromatic rings. The summed E-state index contributed by atoms with van der Waals surface area (Å²) >= 11 is 0. The summed E-state index contributed by atoms with van der Waals surface area (Å²) in [5, 5.41) is 0. The molecule has 0 aliphatic heterocycles. The van der Waals surface area contributed by atoms with Gasteiger partial charge in [0.1, 0.15) is 0 Å². The Morgan fingerprint density at radius 1 is 0.632 bits per heavy atom. The van der Waals surface area contributed by atoms with Crippen molar-refractivity contribution in [2.75, 3.05) is 0 Å². The van der Waals surface area contributed by atoms with E-state index in [1.807, 2.05) is 0 Å². The third-order valence-corrected chi connectivity index (χ3v) is 3.98.